The summed E-state index contributed by atoms with van der Waals surface area (Å²) in [6.07, 6.45) is 3.45. The highest BCUT2D eigenvalue weighted by molar-refractivity contribution is 7.92. The lowest BCUT2D eigenvalue weighted by molar-refractivity contribution is -0.120. The number of aryl methyl sites for hydroxylation is 1. The number of nitrogens with one attached hydrogen (secondary N) is 1. The van der Waals surface area contributed by atoms with Gasteiger partial charge in [0.1, 0.15) is 5.82 Å². The number of rotatable bonds is 7. The van der Waals surface area contributed by atoms with Crippen LogP contribution in [0.2, 0.25) is 0 Å². The summed E-state index contributed by atoms with van der Waals surface area (Å²) in [6, 6.07) is 7.85. The zero-order valence-electron chi connectivity index (χ0n) is 14.6. The normalized spacial score (nSPS) is 15.7. The first-order valence-electron chi connectivity index (χ1n) is 8.93. The largest absolute Gasteiger partial charge is 0.349 e. The van der Waals surface area contributed by atoms with E-state index < -0.39 is 9.84 Å². The predicted octanol–water partition coefficient (Wildman–Crippen LogP) is 2.42. The van der Waals surface area contributed by atoms with Crippen molar-refractivity contribution >= 4 is 26.8 Å². The Bertz CT molecular complexity index is 852. The first-order chi connectivity index (χ1) is 12.0. The van der Waals surface area contributed by atoms with E-state index in [1.54, 1.807) is 0 Å². The zero-order chi connectivity index (χ0) is 17.9. The number of carbonyl (C=O) groups is 1. The fraction of sp³-hybridized carbons (Fsp3) is 0.556. The molecule has 2 aromatic rings. The molecule has 1 fully saturated rings. The van der Waals surface area contributed by atoms with E-state index in [0.29, 0.717) is 6.54 Å². The fourth-order valence-electron chi connectivity index (χ4n) is 3.53. The number of para-hydroxylation sites is 2. The summed E-state index contributed by atoms with van der Waals surface area (Å²) in [5, 5.41) is 2.57. The highest BCUT2D eigenvalue weighted by Gasteiger charge is 2.28. The Labute approximate surface area is 148 Å². The van der Waals surface area contributed by atoms with Crippen LogP contribution in [0, 0.1) is 0 Å². The maximum absolute atomic E-state index is 12.2. The second kappa shape index (κ2) is 7.56. The third-order valence-electron chi connectivity index (χ3n) is 4.92. The van der Waals surface area contributed by atoms with Gasteiger partial charge in [-0.25, -0.2) is 13.4 Å². The van der Waals surface area contributed by atoms with Crippen LogP contribution >= 0.6 is 0 Å². The molecule has 0 saturated heterocycles. The molecule has 6 nitrogen and oxygen atoms in total. The van der Waals surface area contributed by atoms with Crippen LogP contribution in [-0.2, 0) is 27.7 Å². The number of imidazole rings is 1. The van der Waals surface area contributed by atoms with E-state index in [4.69, 9.17) is 0 Å². The Morgan fingerprint density at radius 3 is 2.72 bits per heavy atom. The van der Waals surface area contributed by atoms with Gasteiger partial charge in [0, 0.05) is 13.0 Å². The molecule has 1 aliphatic rings. The Morgan fingerprint density at radius 2 is 2.00 bits per heavy atom. The summed E-state index contributed by atoms with van der Waals surface area (Å²) in [6.45, 7) is 3.11. The molecule has 0 bridgehead atoms. The van der Waals surface area contributed by atoms with Crippen LogP contribution in [0.5, 0.6) is 0 Å². The molecule has 0 unspecified atom stereocenters. The molecule has 25 heavy (non-hydrogen) atoms. The summed E-state index contributed by atoms with van der Waals surface area (Å²) < 4.78 is 26.5. The van der Waals surface area contributed by atoms with Crippen LogP contribution in [0.25, 0.3) is 11.0 Å². The minimum atomic E-state index is -3.15. The molecule has 3 rings (SSSR count). The fourth-order valence-corrected chi connectivity index (χ4v) is 5.38. The van der Waals surface area contributed by atoms with Crippen molar-refractivity contribution in [1.29, 1.82) is 0 Å². The Hall–Kier alpha value is -1.89. The number of carbonyl (C=O) groups excluding carboxylic acids is 1. The van der Waals surface area contributed by atoms with Crippen LogP contribution in [-0.4, -0.2) is 34.9 Å². The van der Waals surface area contributed by atoms with E-state index in [1.165, 1.54) is 0 Å². The number of nitrogens with zero attached hydrogens (tertiary/aromatic N) is 2. The van der Waals surface area contributed by atoms with E-state index in [9.17, 15) is 13.2 Å². The van der Waals surface area contributed by atoms with E-state index in [0.717, 1.165) is 49.1 Å². The van der Waals surface area contributed by atoms with Crippen molar-refractivity contribution in [2.75, 3.05) is 5.75 Å². The monoisotopic (exact) mass is 363 g/mol. The molecule has 0 radical (unpaired) electrons. The Morgan fingerprint density at radius 1 is 1.28 bits per heavy atom. The highest BCUT2D eigenvalue weighted by Crippen LogP contribution is 2.25. The number of amides is 1. The molecule has 1 saturated carbocycles. The average molecular weight is 363 g/mol. The maximum Gasteiger partial charge on any atom is 0.221 e. The molecule has 0 aliphatic heterocycles. The van der Waals surface area contributed by atoms with Gasteiger partial charge in [-0.2, -0.15) is 0 Å². The highest BCUT2D eigenvalue weighted by atomic mass is 32.2. The summed E-state index contributed by atoms with van der Waals surface area (Å²) in [5.41, 5.74) is 1.94. The second-order valence-electron chi connectivity index (χ2n) is 6.56. The van der Waals surface area contributed by atoms with Crippen molar-refractivity contribution in [1.82, 2.24) is 14.9 Å². The molecular formula is C18H25N3O3S. The van der Waals surface area contributed by atoms with Crippen molar-refractivity contribution in [2.24, 2.45) is 0 Å². The van der Waals surface area contributed by atoms with Crippen molar-refractivity contribution in [3.8, 4) is 0 Å². The molecule has 0 atom stereocenters. The van der Waals surface area contributed by atoms with E-state index in [-0.39, 0.29) is 23.3 Å². The van der Waals surface area contributed by atoms with Crippen molar-refractivity contribution in [3.63, 3.8) is 0 Å². The lowest BCUT2D eigenvalue weighted by Gasteiger charge is -2.11. The van der Waals surface area contributed by atoms with Crippen molar-refractivity contribution in [3.05, 3.63) is 30.1 Å². The van der Waals surface area contributed by atoms with Gasteiger partial charge in [0.2, 0.25) is 5.91 Å². The Balaban J connectivity index is 1.57. The first kappa shape index (κ1) is 17.9. The van der Waals surface area contributed by atoms with Gasteiger partial charge in [-0.05, 0) is 31.9 Å². The van der Waals surface area contributed by atoms with Gasteiger partial charge in [-0.1, -0.05) is 25.0 Å². The quantitative estimate of drug-likeness (QED) is 0.819. The van der Waals surface area contributed by atoms with Crippen LogP contribution in [0.15, 0.2) is 24.3 Å². The van der Waals surface area contributed by atoms with Crippen molar-refractivity contribution in [2.45, 2.75) is 57.4 Å². The Kier molecular flexibility index (Phi) is 5.42. The summed E-state index contributed by atoms with van der Waals surface area (Å²) in [7, 11) is -3.15. The molecule has 1 heterocycles. The van der Waals surface area contributed by atoms with Gasteiger partial charge < -0.3 is 9.88 Å². The van der Waals surface area contributed by atoms with E-state index in [2.05, 4.69) is 14.9 Å². The number of fused-ring (bicyclic) bond motifs is 1. The molecule has 1 aromatic carbocycles. The van der Waals surface area contributed by atoms with Gasteiger partial charge in [0.15, 0.2) is 9.84 Å². The molecule has 1 aromatic heterocycles. The third-order valence-corrected chi connectivity index (χ3v) is 7.18. The summed E-state index contributed by atoms with van der Waals surface area (Å²) in [4.78, 5) is 16.6. The van der Waals surface area contributed by atoms with Crippen molar-refractivity contribution < 1.29 is 13.2 Å². The van der Waals surface area contributed by atoms with Crippen LogP contribution < -0.4 is 5.32 Å². The predicted molar refractivity (Wildman–Crippen MR) is 97.9 cm³/mol. The maximum atomic E-state index is 12.2. The molecule has 1 amide bonds. The van der Waals surface area contributed by atoms with Crippen LogP contribution in [0.3, 0.4) is 0 Å². The number of aromatic nitrogens is 2. The second-order valence-corrected chi connectivity index (χ2v) is 8.96. The number of hydrogen-bond donors (Lipinski definition) is 1. The average Bonchev–Trinajstić information content (AvgIpc) is 3.25. The van der Waals surface area contributed by atoms with Crippen LogP contribution in [0.1, 0.15) is 44.9 Å². The molecule has 7 heteroatoms. The van der Waals surface area contributed by atoms with Gasteiger partial charge in [0.25, 0.3) is 0 Å². The van der Waals surface area contributed by atoms with E-state index >= 15 is 0 Å². The molecule has 0 spiro atoms. The van der Waals surface area contributed by atoms with Gasteiger partial charge in [-0.3, -0.25) is 4.79 Å². The molecular weight excluding hydrogens is 338 g/mol. The van der Waals surface area contributed by atoms with Gasteiger partial charge in [-0.15, -0.1) is 0 Å². The smallest absolute Gasteiger partial charge is 0.221 e. The number of sulfone groups is 1. The zero-order valence-corrected chi connectivity index (χ0v) is 15.4. The SMILES string of the molecule is CCn1c(CNC(=O)CCS(=O)(=O)C2CCCC2)nc2ccccc21. The lowest BCUT2D eigenvalue weighted by atomic mass is 10.3. The molecule has 1 aliphatic carbocycles. The minimum Gasteiger partial charge on any atom is -0.349 e. The summed E-state index contributed by atoms with van der Waals surface area (Å²) >= 11 is 0. The number of hydrogen-bond acceptors (Lipinski definition) is 4. The first-order valence-corrected chi connectivity index (χ1v) is 10.6. The summed E-state index contributed by atoms with van der Waals surface area (Å²) in [5.74, 6) is 0.486. The number of benzene rings is 1. The van der Waals surface area contributed by atoms with Crippen LogP contribution in [0.4, 0.5) is 0 Å². The lowest BCUT2D eigenvalue weighted by Crippen LogP contribution is -2.29. The minimum absolute atomic E-state index is 0.0190. The standard InChI is InChI=1S/C18H25N3O3S/c1-2-21-16-10-6-5-9-15(16)20-17(21)13-19-18(22)11-12-25(23,24)14-7-3-4-8-14/h5-6,9-10,14H,2-4,7-8,11-13H2,1H3,(H,19,22). The van der Waals surface area contributed by atoms with E-state index in [1.807, 2.05) is 31.2 Å². The van der Waals surface area contributed by atoms with Gasteiger partial charge >= 0.3 is 0 Å². The van der Waals surface area contributed by atoms with Gasteiger partial charge in [0.05, 0.1) is 28.6 Å². The topological polar surface area (TPSA) is 81.1 Å². The third kappa shape index (κ3) is 4.03. The molecule has 1 N–H and O–H groups in total. The molecule has 136 valence electrons.